The van der Waals surface area contributed by atoms with Gasteiger partial charge in [-0.15, -0.1) is 0 Å². The van der Waals surface area contributed by atoms with Crippen molar-refractivity contribution in [1.29, 1.82) is 0 Å². The van der Waals surface area contributed by atoms with E-state index in [1.54, 1.807) is 30.3 Å². The first-order valence-electron chi connectivity index (χ1n) is 5.54. The van der Waals surface area contributed by atoms with Crippen molar-refractivity contribution in [3.8, 4) is 0 Å². The molecule has 1 fully saturated rings. The number of hydrogen-bond donors (Lipinski definition) is 1. The molecule has 1 aromatic carbocycles. The van der Waals surface area contributed by atoms with Gasteiger partial charge >= 0.3 is 0 Å². The lowest BCUT2D eigenvalue weighted by Crippen LogP contribution is -2.28. The van der Waals surface area contributed by atoms with Crippen LogP contribution in [0.3, 0.4) is 0 Å². The Labute approximate surface area is 101 Å². The van der Waals surface area contributed by atoms with Crippen LogP contribution in [-0.2, 0) is 14.6 Å². The maximum absolute atomic E-state index is 12.3. The van der Waals surface area contributed by atoms with Crippen LogP contribution in [0, 0.1) is 0 Å². The van der Waals surface area contributed by atoms with E-state index in [0.717, 1.165) is 0 Å². The Bertz CT molecular complexity index is 510. The topological polar surface area (TPSA) is 63.2 Å². The second kappa shape index (κ2) is 4.58. The number of nitrogens with one attached hydrogen (secondary N) is 1. The quantitative estimate of drug-likeness (QED) is 0.864. The van der Waals surface area contributed by atoms with E-state index in [-0.39, 0.29) is 11.8 Å². The van der Waals surface area contributed by atoms with Gasteiger partial charge in [0.25, 0.3) is 0 Å². The Hall–Kier alpha value is -1.20. The molecule has 1 aromatic rings. The molecule has 0 aliphatic carbocycles. The summed E-state index contributed by atoms with van der Waals surface area (Å²) in [5.74, 6) is -0.00392. The van der Waals surface area contributed by atoms with Crippen molar-refractivity contribution in [2.75, 3.05) is 6.54 Å². The van der Waals surface area contributed by atoms with Gasteiger partial charge in [0.1, 0.15) is 5.78 Å². The number of ketones is 1. The van der Waals surface area contributed by atoms with Crippen molar-refractivity contribution in [2.45, 2.75) is 29.5 Å². The van der Waals surface area contributed by atoms with E-state index < -0.39 is 15.1 Å². The van der Waals surface area contributed by atoms with Crippen molar-refractivity contribution < 1.29 is 13.2 Å². The highest BCUT2D eigenvalue weighted by molar-refractivity contribution is 7.92. The highest BCUT2D eigenvalue weighted by Crippen LogP contribution is 2.22. The Kier molecular flexibility index (Phi) is 3.31. The van der Waals surface area contributed by atoms with Gasteiger partial charge in [0.15, 0.2) is 9.84 Å². The smallest absolute Gasteiger partial charge is 0.182 e. The van der Waals surface area contributed by atoms with E-state index in [4.69, 9.17) is 0 Å². The standard InChI is InChI=1S/C12H15NO3S/c1-9(14)12-7-11(8-13-12)17(15,16)10-5-3-2-4-6-10/h2-6,11-13H,7-8H2,1H3/t11-,12+/m1/s1. The normalized spacial score (nSPS) is 24.8. The van der Waals surface area contributed by atoms with Gasteiger partial charge in [-0.25, -0.2) is 8.42 Å². The number of carbonyl (C=O) groups is 1. The molecule has 0 spiro atoms. The molecule has 0 radical (unpaired) electrons. The summed E-state index contributed by atoms with van der Waals surface area (Å²) in [5.41, 5.74) is 0. The molecule has 0 amide bonds. The fraction of sp³-hybridized carbons (Fsp3) is 0.417. The first-order valence-corrected chi connectivity index (χ1v) is 7.09. The Morgan fingerprint density at radius 3 is 2.47 bits per heavy atom. The number of Topliss-reactive ketones (excluding diaryl/α,β-unsaturated/α-hetero) is 1. The molecule has 2 rings (SSSR count). The van der Waals surface area contributed by atoms with Crippen molar-refractivity contribution in [3.63, 3.8) is 0 Å². The van der Waals surface area contributed by atoms with Crippen LogP contribution < -0.4 is 5.32 Å². The molecule has 0 unspecified atom stereocenters. The molecule has 1 aliphatic rings. The van der Waals surface area contributed by atoms with Crippen molar-refractivity contribution in [1.82, 2.24) is 5.32 Å². The van der Waals surface area contributed by atoms with E-state index in [2.05, 4.69) is 5.32 Å². The predicted molar refractivity (Wildman–Crippen MR) is 64.5 cm³/mol. The second-order valence-electron chi connectivity index (χ2n) is 4.29. The first kappa shape index (κ1) is 12.3. The lowest BCUT2D eigenvalue weighted by atomic mass is 10.2. The zero-order valence-corrected chi connectivity index (χ0v) is 10.4. The van der Waals surface area contributed by atoms with Crippen LogP contribution in [0.25, 0.3) is 0 Å². The van der Waals surface area contributed by atoms with Crippen LogP contribution in [0.15, 0.2) is 35.2 Å². The van der Waals surface area contributed by atoms with Gasteiger partial charge in [0, 0.05) is 6.54 Å². The molecular formula is C12H15NO3S. The summed E-state index contributed by atoms with van der Waals surface area (Å²) in [7, 11) is -3.32. The van der Waals surface area contributed by atoms with E-state index in [9.17, 15) is 13.2 Å². The number of benzene rings is 1. The summed E-state index contributed by atoms with van der Waals surface area (Å²) < 4.78 is 24.5. The molecule has 17 heavy (non-hydrogen) atoms. The van der Waals surface area contributed by atoms with E-state index in [1.807, 2.05) is 0 Å². The number of sulfone groups is 1. The molecule has 1 saturated heterocycles. The zero-order valence-electron chi connectivity index (χ0n) is 9.59. The minimum atomic E-state index is -3.32. The lowest BCUT2D eigenvalue weighted by molar-refractivity contribution is -0.118. The van der Waals surface area contributed by atoms with E-state index in [1.165, 1.54) is 6.92 Å². The maximum Gasteiger partial charge on any atom is 0.182 e. The molecule has 5 heteroatoms. The van der Waals surface area contributed by atoms with Gasteiger partial charge in [-0.2, -0.15) is 0 Å². The fourth-order valence-corrected chi connectivity index (χ4v) is 3.73. The average molecular weight is 253 g/mol. The summed E-state index contributed by atoms with van der Waals surface area (Å²) in [6.07, 6.45) is 0.368. The second-order valence-corrected chi connectivity index (χ2v) is 6.52. The van der Waals surface area contributed by atoms with Gasteiger partial charge in [0.2, 0.25) is 0 Å². The third kappa shape index (κ3) is 2.40. The summed E-state index contributed by atoms with van der Waals surface area (Å²) in [5, 5.41) is 2.45. The third-order valence-electron chi connectivity index (χ3n) is 3.09. The highest BCUT2D eigenvalue weighted by Gasteiger charge is 2.36. The van der Waals surface area contributed by atoms with Gasteiger partial charge in [0.05, 0.1) is 16.2 Å². The summed E-state index contributed by atoms with van der Waals surface area (Å²) in [6, 6.07) is 8.06. The lowest BCUT2D eigenvalue weighted by Gasteiger charge is -2.10. The fourth-order valence-electron chi connectivity index (χ4n) is 2.05. The Balaban J connectivity index is 2.22. The average Bonchev–Trinajstić information content (AvgIpc) is 2.80. The van der Waals surface area contributed by atoms with Crippen molar-refractivity contribution in [2.24, 2.45) is 0 Å². The van der Waals surface area contributed by atoms with E-state index >= 15 is 0 Å². The van der Waals surface area contributed by atoms with Gasteiger partial charge in [-0.3, -0.25) is 4.79 Å². The molecule has 2 atom stereocenters. The Morgan fingerprint density at radius 2 is 1.94 bits per heavy atom. The van der Waals surface area contributed by atoms with E-state index in [0.29, 0.717) is 17.9 Å². The number of hydrogen-bond acceptors (Lipinski definition) is 4. The molecule has 1 aliphatic heterocycles. The SMILES string of the molecule is CC(=O)[C@@H]1C[C@@H](S(=O)(=O)c2ccccc2)CN1. The summed E-state index contributed by atoms with van der Waals surface area (Å²) >= 11 is 0. The van der Waals surface area contributed by atoms with Gasteiger partial charge < -0.3 is 5.32 Å². The van der Waals surface area contributed by atoms with Gasteiger partial charge in [-0.05, 0) is 25.5 Å². The maximum atomic E-state index is 12.3. The minimum Gasteiger partial charge on any atom is -0.306 e. The highest BCUT2D eigenvalue weighted by atomic mass is 32.2. The molecular weight excluding hydrogens is 238 g/mol. The predicted octanol–water partition coefficient (Wildman–Crippen LogP) is 0.780. The molecule has 1 heterocycles. The number of rotatable bonds is 3. The molecule has 0 saturated carbocycles. The third-order valence-corrected chi connectivity index (χ3v) is 5.26. The summed E-state index contributed by atoms with van der Waals surface area (Å²) in [4.78, 5) is 11.5. The van der Waals surface area contributed by atoms with Crippen LogP contribution in [0.1, 0.15) is 13.3 Å². The molecule has 92 valence electrons. The molecule has 0 aromatic heterocycles. The van der Waals surface area contributed by atoms with Gasteiger partial charge in [-0.1, -0.05) is 18.2 Å². The first-order chi connectivity index (χ1) is 8.01. The zero-order chi connectivity index (χ0) is 12.5. The summed E-state index contributed by atoms with van der Waals surface area (Å²) in [6.45, 7) is 1.83. The van der Waals surface area contributed by atoms with Crippen LogP contribution in [0.2, 0.25) is 0 Å². The number of carbonyl (C=O) groups excluding carboxylic acids is 1. The van der Waals surface area contributed by atoms with Crippen LogP contribution in [-0.4, -0.2) is 32.0 Å². The van der Waals surface area contributed by atoms with Crippen molar-refractivity contribution in [3.05, 3.63) is 30.3 Å². The minimum absolute atomic E-state index is 0.00392. The largest absolute Gasteiger partial charge is 0.306 e. The molecule has 1 N–H and O–H groups in total. The molecule has 0 bridgehead atoms. The van der Waals surface area contributed by atoms with Crippen LogP contribution in [0.5, 0.6) is 0 Å². The monoisotopic (exact) mass is 253 g/mol. The van der Waals surface area contributed by atoms with Crippen LogP contribution in [0.4, 0.5) is 0 Å². The molecule has 4 nitrogen and oxygen atoms in total. The van der Waals surface area contributed by atoms with Crippen LogP contribution >= 0.6 is 0 Å². The van der Waals surface area contributed by atoms with Crippen molar-refractivity contribution >= 4 is 15.6 Å². The Morgan fingerprint density at radius 1 is 1.29 bits per heavy atom.